The summed E-state index contributed by atoms with van der Waals surface area (Å²) in [5.74, 6) is 0. The second-order valence-corrected chi connectivity index (χ2v) is 4.62. The summed E-state index contributed by atoms with van der Waals surface area (Å²) in [5.41, 5.74) is 0. The molecule has 0 saturated carbocycles. The lowest BCUT2D eigenvalue weighted by Crippen LogP contribution is -2.39. The molecule has 2 unspecified atom stereocenters. The van der Waals surface area contributed by atoms with Gasteiger partial charge in [-0.25, -0.2) is 0 Å². The van der Waals surface area contributed by atoms with Gasteiger partial charge >= 0.3 is 0 Å². The minimum Gasteiger partial charge on any atom is -0.313 e. The first-order chi connectivity index (χ1) is 6.63. The lowest BCUT2D eigenvalue weighted by Gasteiger charge is -2.25. The van der Waals surface area contributed by atoms with Crippen LogP contribution in [0, 0.1) is 0 Å². The van der Waals surface area contributed by atoms with Crippen LogP contribution in [-0.2, 0) is 0 Å². The SMILES string of the molecule is CCNC1CCN(CC(C)N(C)C)C1. The van der Waals surface area contributed by atoms with E-state index in [0.717, 1.165) is 12.6 Å². The van der Waals surface area contributed by atoms with E-state index >= 15 is 0 Å². The van der Waals surface area contributed by atoms with Crippen molar-refractivity contribution < 1.29 is 0 Å². The van der Waals surface area contributed by atoms with E-state index in [1.165, 1.54) is 26.1 Å². The molecule has 0 radical (unpaired) electrons. The second kappa shape index (κ2) is 5.69. The van der Waals surface area contributed by atoms with E-state index in [4.69, 9.17) is 0 Å². The highest BCUT2D eigenvalue weighted by atomic mass is 15.2. The zero-order chi connectivity index (χ0) is 10.6. The maximum Gasteiger partial charge on any atom is 0.0207 e. The van der Waals surface area contributed by atoms with Crippen LogP contribution in [0.4, 0.5) is 0 Å². The summed E-state index contributed by atoms with van der Waals surface area (Å²) in [4.78, 5) is 4.86. The number of likely N-dealkylation sites (N-methyl/N-ethyl adjacent to an activating group) is 2. The van der Waals surface area contributed by atoms with E-state index in [9.17, 15) is 0 Å². The van der Waals surface area contributed by atoms with Crippen LogP contribution >= 0.6 is 0 Å². The quantitative estimate of drug-likeness (QED) is 0.700. The molecule has 0 aliphatic carbocycles. The van der Waals surface area contributed by atoms with Gasteiger partial charge in [-0.05, 0) is 40.5 Å². The monoisotopic (exact) mass is 199 g/mol. The molecule has 0 spiro atoms. The predicted molar refractivity (Wildman–Crippen MR) is 61.7 cm³/mol. The van der Waals surface area contributed by atoms with Crippen LogP contribution in [-0.4, -0.2) is 62.2 Å². The van der Waals surface area contributed by atoms with Gasteiger partial charge in [0.05, 0.1) is 0 Å². The molecule has 0 aromatic carbocycles. The molecule has 1 saturated heterocycles. The summed E-state index contributed by atoms with van der Waals surface area (Å²) in [6.45, 7) is 9.27. The van der Waals surface area contributed by atoms with Crippen molar-refractivity contribution in [2.45, 2.75) is 32.4 Å². The Bertz CT molecular complexity index is 159. The van der Waals surface area contributed by atoms with Crippen LogP contribution in [0.15, 0.2) is 0 Å². The molecule has 1 heterocycles. The van der Waals surface area contributed by atoms with Crippen molar-refractivity contribution in [2.75, 3.05) is 40.3 Å². The number of nitrogens with zero attached hydrogens (tertiary/aromatic N) is 2. The normalized spacial score (nSPS) is 25.9. The van der Waals surface area contributed by atoms with Gasteiger partial charge in [-0.3, -0.25) is 0 Å². The highest BCUT2D eigenvalue weighted by molar-refractivity contribution is 4.82. The number of rotatable bonds is 5. The van der Waals surface area contributed by atoms with Gasteiger partial charge in [0, 0.05) is 25.2 Å². The number of hydrogen-bond donors (Lipinski definition) is 1. The molecule has 0 amide bonds. The maximum absolute atomic E-state index is 3.52. The minimum atomic E-state index is 0.662. The summed E-state index contributed by atoms with van der Waals surface area (Å²) in [6.07, 6.45) is 1.31. The Morgan fingerprint density at radius 3 is 2.79 bits per heavy atom. The fourth-order valence-electron chi connectivity index (χ4n) is 1.99. The summed E-state index contributed by atoms with van der Waals surface area (Å²) in [7, 11) is 4.31. The van der Waals surface area contributed by atoms with Crippen molar-refractivity contribution in [2.24, 2.45) is 0 Å². The van der Waals surface area contributed by atoms with Gasteiger partial charge in [0.25, 0.3) is 0 Å². The van der Waals surface area contributed by atoms with Crippen molar-refractivity contribution in [1.29, 1.82) is 0 Å². The molecule has 84 valence electrons. The molecule has 1 rings (SSSR count). The van der Waals surface area contributed by atoms with Gasteiger partial charge in [0.2, 0.25) is 0 Å². The first-order valence-corrected chi connectivity index (χ1v) is 5.75. The van der Waals surface area contributed by atoms with Crippen molar-refractivity contribution in [3.05, 3.63) is 0 Å². The van der Waals surface area contributed by atoms with Crippen molar-refractivity contribution in [1.82, 2.24) is 15.1 Å². The van der Waals surface area contributed by atoms with Crippen LogP contribution in [0.25, 0.3) is 0 Å². The zero-order valence-corrected chi connectivity index (χ0v) is 10.1. The third kappa shape index (κ3) is 3.56. The van der Waals surface area contributed by atoms with Crippen molar-refractivity contribution >= 4 is 0 Å². The van der Waals surface area contributed by atoms with Crippen LogP contribution in [0.3, 0.4) is 0 Å². The molecule has 1 aliphatic heterocycles. The van der Waals surface area contributed by atoms with Crippen molar-refractivity contribution in [3.63, 3.8) is 0 Å². The van der Waals surface area contributed by atoms with Crippen LogP contribution in [0.5, 0.6) is 0 Å². The third-order valence-corrected chi connectivity index (χ3v) is 3.17. The van der Waals surface area contributed by atoms with E-state index in [1.807, 2.05) is 0 Å². The largest absolute Gasteiger partial charge is 0.313 e. The Morgan fingerprint density at radius 2 is 2.21 bits per heavy atom. The van der Waals surface area contributed by atoms with Crippen LogP contribution < -0.4 is 5.32 Å². The van der Waals surface area contributed by atoms with Gasteiger partial charge in [0.15, 0.2) is 0 Å². The molecule has 1 fully saturated rings. The molecule has 1 aliphatic rings. The average molecular weight is 199 g/mol. The first kappa shape index (κ1) is 12.0. The fraction of sp³-hybridized carbons (Fsp3) is 1.00. The van der Waals surface area contributed by atoms with Crippen LogP contribution in [0.1, 0.15) is 20.3 Å². The zero-order valence-electron chi connectivity index (χ0n) is 10.1. The fourth-order valence-corrected chi connectivity index (χ4v) is 1.99. The van der Waals surface area contributed by atoms with E-state index in [0.29, 0.717) is 6.04 Å². The Labute approximate surface area is 88.5 Å². The molecule has 2 atom stereocenters. The van der Waals surface area contributed by atoms with E-state index in [1.54, 1.807) is 0 Å². The molecular formula is C11H25N3. The Balaban J connectivity index is 2.21. The van der Waals surface area contributed by atoms with Gasteiger partial charge < -0.3 is 15.1 Å². The highest BCUT2D eigenvalue weighted by Crippen LogP contribution is 2.10. The Hall–Kier alpha value is -0.120. The lowest BCUT2D eigenvalue weighted by atomic mass is 10.2. The first-order valence-electron chi connectivity index (χ1n) is 5.75. The highest BCUT2D eigenvalue weighted by Gasteiger charge is 2.22. The smallest absolute Gasteiger partial charge is 0.0207 e. The molecule has 0 aromatic rings. The molecule has 14 heavy (non-hydrogen) atoms. The van der Waals surface area contributed by atoms with E-state index in [-0.39, 0.29) is 0 Å². The molecule has 0 aromatic heterocycles. The van der Waals surface area contributed by atoms with Gasteiger partial charge in [0.1, 0.15) is 0 Å². The molecule has 3 heteroatoms. The minimum absolute atomic E-state index is 0.662. The van der Waals surface area contributed by atoms with Crippen molar-refractivity contribution in [3.8, 4) is 0 Å². The van der Waals surface area contributed by atoms with Gasteiger partial charge in [-0.1, -0.05) is 6.92 Å². The van der Waals surface area contributed by atoms with E-state index in [2.05, 4.69) is 43.1 Å². The maximum atomic E-state index is 3.52. The van der Waals surface area contributed by atoms with Crippen LogP contribution in [0.2, 0.25) is 0 Å². The Kier molecular flexibility index (Phi) is 4.85. The Morgan fingerprint density at radius 1 is 1.50 bits per heavy atom. The average Bonchev–Trinajstić information content (AvgIpc) is 2.53. The van der Waals surface area contributed by atoms with Gasteiger partial charge in [-0.2, -0.15) is 0 Å². The second-order valence-electron chi connectivity index (χ2n) is 4.62. The number of nitrogens with one attached hydrogen (secondary N) is 1. The number of likely N-dealkylation sites (tertiary alicyclic amines) is 1. The summed E-state index contributed by atoms with van der Waals surface area (Å²) < 4.78 is 0. The number of hydrogen-bond acceptors (Lipinski definition) is 3. The molecular weight excluding hydrogens is 174 g/mol. The lowest BCUT2D eigenvalue weighted by molar-refractivity contribution is 0.217. The predicted octanol–water partition coefficient (Wildman–Crippen LogP) is 0.620. The summed E-state index contributed by atoms with van der Waals surface area (Å²) in [6, 6.07) is 1.39. The molecule has 3 nitrogen and oxygen atoms in total. The molecule has 1 N–H and O–H groups in total. The van der Waals surface area contributed by atoms with Gasteiger partial charge in [-0.15, -0.1) is 0 Å². The molecule has 0 bridgehead atoms. The summed E-state index contributed by atoms with van der Waals surface area (Å²) >= 11 is 0. The third-order valence-electron chi connectivity index (χ3n) is 3.17. The standard InChI is InChI=1S/C11H25N3/c1-5-12-11-6-7-14(9-11)8-10(2)13(3)4/h10-12H,5-9H2,1-4H3. The summed E-state index contributed by atoms with van der Waals surface area (Å²) in [5, 5.41) is 3.52. The van der Waals surface area contributed by atoms with E-state index < -0.39 is 0 Å². The topological polar surface area (TPSA) is 18.5 Å².